The van der Waals surface area contributed by atoms with Crippen LogP contribution in [-0.4, -0.2) is 0 Å². The first kappa shape index (κ1) is 44.2. The maximum absolute atomic E-state index is 6.87. The molecule has 3 aromatic heterocycles. The van der Waals surface area contributed by atoms with Crippen LogP contribution in [0, 0.1) is 0 Å². The zero-order valence-corrected chi connectivity index (χ0v) is 41.7. The van der Waals surface area contributed by atoms with Crippen LogP contribution in [0.15, 0.2) is 292 Å². The Morgan fingerprint density at radius 3 is 0.844 bits per heavy atom. The van der Waals surface area contributed by atoms with Gasteiger partial charge in [0, 0.05) is 78.6 Å². The summed E-state index contributed by atoms with van der Waals surface area (Å²) in [7, 11) is 0. The summed E-state index contributed by atoms with van der Waals surface area (Å²) in [4.78, 5) is 4.59. The van der Waals surface area contributed by atoms with Gasteiger partial charge in [-0.3, -0.25) is 0 Å². The monoisotopic (exact) mass is 986 g/mol. The van der Waals surface area contributed by atoms with E-state index in [-0.39, 0.29) is 0 Å². The van der Waals surface area contributed by atoms with Crippen LogP contribution >= 0.6 is 0 Å². The molecule has 77 heavy (non-hydrogen) atoms. The van der Waals surface area contributed by atoms with Crippen LogP contribution in [0.4, 0.5) is 34.1 Å². The average molecular weight is 987 g/mol. The molecule has 5 heteroatoms. The zero-order chi connectivity index (χ0) is 50.8. The summed E-state index contributed by atoms with van der Waals surface area (Å²) in [6.45, 7) is 0. The SMILES string of the molecule is c1ccc(-c2ccc(N(c3ccc(-c4ccccc4)cc3)c3ccc4c(c3)oc3cc5c(cc34)oc3ccc4oc6cc(N(c7ccc(-c8ccccc8)cc7)c7ccc(-c8ccccc8)cc7)ccc6c4c35)cc2)cc1. The molecule has 0 spiro atoms. The first-order chi connectivity index (χ1) is 38.1. The number of furan rings is 3. The Labute approximate surface area is 444 Å². The summed E-state index contributed by atoms with van der Waals surface area (Å²) >= 11 is 0. The molecule has 3 heterocycles. The molecule has 15 rings (SSSR count). The maximum Gasteiger partial charge on any atom is 0.137 e. The molecule has 5 nitrogen and oxygen atoms in total. The van der Waals surface area contributed by atoms with Gasteiger partial charge in [-0.15, -0.1) is 0 Å². The van der Waals surface area contributed by atoms with Crippen LogP contribution in [0.25, 0.3) is 110 Å². The molecule has 0 amide bonds. The van der Waals surface area contributed by atoms with Crippen molar-refractivity contribution in [1.82, 2.24) is 0 Å². The fourth-order valence-electron chi connectivity index (χ4n) is 11.3. The Morgan fingerprint density at radius 1 is 0.182 bits per heavy atom. The van der Waals surface area contributed by atoms with Gasteiger partial charge in [-0.05, 0) is 142 Å². The predicted molar refractivity (Wildman–Crippen MR) is 319 cm³/mol. The van der Waals surface area contributed by atoms with Crippen LogP contribution in [0.1, 0.15) is 0 Å². The van der Waals surface area contributed by atoms with Gasteiger partial charge in [0.15, 0.2) is 0 Å². The molecule has 12 aromatic carbocycles. The molecule has 15 aromatic rings. The molecular weight excluding hydrogens is 941 g/mol. The van der Waals surface area contributed by atoms with E-state index in [0.717, 1.165) is 122 Å². The lowest BCUT2D eigenvalue weighted by Gasteiger charge is -2.26. The fourth-order valence-corrected chi connectivity index (χ4v) is 11.3. The highest BCUT2D eigenvalue weighted by atomic mass is 16.3. The fraction of sp³-hybridized carbons (Fsp3) is 0. The van der Waals surface area contributed by atoms with Gasteiger partial charge in [-0.1, -0.05) is 170 Å². The Kier molecular flexibility index (Phi) is 10.5. The van der Waals surface area contributed by atoms with Gasteiger partial charge in [0.05, 0.1) is 0 Å². The van der Waals surface area contributed by atoms with E-state index in [1.165, 1.54) is 22.3 Å². The Morgan fingerprint density at radius 2 is 0.455 bits per heavy atom. The summed E-state index contributed by atoms with van der Waals surface area (Å²) < 4.78 is 20.4. The molecule has 0 bridgehead atoms. The van der Waals surface area contributed by atoms with E-state index < -0.39 is 0 Å². The largest absolute Gasteiger partial charge is 0.456 e. The van der Waals surface area contributed by atoms with Gasteiger partial charge in [0.1, 0.15) is 33.5 Å². The van der Waals surface area contributed by atoms with Crippen molar-refractivity contribution in [2.24, 2.45) is 0 Å². The number of nitrogens with zero attached hydrogens (tertiary/aromatic N) is 2. The molecule has 0 aliphatic carbocycles. The van der Waals surface area contributed by atoms with Gasteiger partial charge in [0.2, 0.25) is 0 Å². The summed E-state index contributed by atoms with van der Waals surface area (Å²) in [6, 6.07) is 98.5. The minimum atomic E-state index is 0.789. The number of hydrogen-bond acceptors (Lipinski definition) is 5. The van der Waals surface area contributed by atoms with Crippen molar-refractivity contribution in [3.8, 4) is 44.5 Å². The van der Waals surface area contributed by atoms with E-state index in [2.05, 4.69) is 277 Å². The van der Waals surface area contributed by atoms with Gasteiger partial charge in [-0.2, -0.15) is 0 Å². The van der Waals surface area contributed by atoms with E-state index in [9.17, 15) is 0 Å². The molecule has 362 valence electrons. The average Bonchev–Trinajstić information content (AvgIpc) is 4.31. The Bertz CT molecular complexity index is 4460. The maximum atomic E-state index is 6.87. The van der Waals surface area contributed by atoms with Crippen LogP contribution in [0.3, 0.4) is 0 Å². The third-order valence-electron chi connectivity index (χ3n) is 15.1. The van der Waals surface area contributed by atoms with Crippen molar-refractivity contribution < 1.29 is 13.3 Å². The Balaban J connectivity index is 0.821. The first-order valence-electron chi connectivity index (χ1n) is 26.0. The second kappa shape index (κ2) is 18.2. The van der Waals surface area contributed by atoms with Crippen LogP contribution in [0.5, 0.6) is 0 Å². The molecule has 0 radical (unpaired) electrons. The number of anilines is 6. The predicted octanol–water partition coefficient (Wildman–Crippen LogP) is 21.0. The molecule has 0 aliphatic rings. The van der Waals surface area contributed by atoms with E-state index in [1.54, 1.807) is 0 Å². The standard InChI is InChI=1S/C72H46N2O3/c1-5-13-47(14-6-1)51-21-29-55(30-22-51)73(56-31-23-52(24-32-56)48-15-7-2-8-16-48)59-37-39-61-63-45-70-64(46-69(63)77-67(61)43-59)72-66(76-70)42-41-65-71(72)62-40-38-60(44-68(62)75-65)74(57-33-25-53(26-34-57)49-17-9-3-10-18-49)58-35-27-54(28-36-58)50-19-11-4-12-20-50/h1-46H. The van der Waals surface area contributed by atoms with Crippen LogP contribution < -0.4 is 9.80 Å². The highest BCUT2D eigenvalue weighted by Crippen LogP contribution is 2.46. The molecule has 0 fully saturated rings. The number of benzene rings is 12. The third-order valence-corrected chi connectivity index (χ3v) is 15.1. The second-order valence-electron chi connectivity index (χ2n) is 19.6. The topological polar surface area (TPSA) is 45.9 Å². The molecule has 0 atom stereocenters. The number of rotatable bonds is 10. The number of fused-ring (bicyclic) bond motifs is 10. The molecule has 0 N–H and O–H groups in total. The smallest absolute Gasteiger partial charge is 0.137 e. The molecule has 0 aliphatic heterocycles. The lowest BCUT2D eigenvalue weighted by atomic mass is 10.0. The van der Waals surface area contributed by atoms with E-state index in [1.807, 2.05) is 12.1 Å². The molecule has 0 unspecified atom stereocenters. The van der Waals surface area contributed by atoms with Crippen molar-refractivity contribution in [2.75, 3.05) is 9.80 Å². The van der Waals surface area contributed by atoms with Gasteiger partial charge >= 0.3 is 0 Å². The van der Waals surface area contributed by atoms with E-state index in [0.29, 0.717) is 0 Å². The normalized spacial score (nSPS) is 11.6. The van der Waals surface area contributed by atoms with Gasteiger partial charge < -0.3 is 23.1 Å². The summed E-state index contributed by atoms with van der Waals surface area (Å²) in [6.07, 6.45) is 0. The minimum absolute atomic E-state index is 0.789. The lowest BCUT2D eigenvalue weighted by molar-refractivity contribution is 0.661. The van der Waals surface area contributed by atoms with Crippen molar-refractivity contribution in [1.29, 1.82) is 0 Å². The quantitative estimate of drug-likeness (QED) is 0.137. The summed E-state index contributed by atoms with van der Waals surface area (Å²) in [5.74, 6) is 0. The van der Waals surface area contributed by atoms with E-state index in [4.69, 9.17) is 13.3 Å². The second-order valence-corrected chi connectivity index (χ2v) is 19.6. The Hall–Kier alpha value is -10.4. The van der Waals surface area contributed by atoms with Crippen molar-refractivity contribution in [2.45, 2.75) is 0 Å². The van der Waals surface area contributed by atoms with Gasteiger partial charge in [0.25, 0.3) is 0 Å². The summed E-state index contributed by atoms with van der Waals surface area (Å²) in [5.41, 5.74) is 20.3. The van der Waals surface area contributed by atoms with Crippen molar-refractivity contribution in [3.05, 3.63) is 279 Å². The first-order valence-corrected chi connectivity index (χ1v) is 26.0. The molecule has 0 saturated heterocycles. The van der Waals surface area contributed by atoms with Gasteiger partial charge in [-0.25, -0.2) is 0 Å². The van der Waals surface area contributed by atoms with E-state index >= 15 is 0 Å². The lowest BCUT2D eigenvalue weighted by Crippen LogP contribution is -2.09. The highest BCUT2D eigenvalue weighted by molar-refractivity contribution is 6.27. The number of hydrogen-bond donors (Lipinski definition) is 0. The third kappa shape index (κ3) is 7.80. The van der Waals surface area contributed by atoms with Crippen molar-refractivity contribution in [3.63, 3.8) is 0 Å². The van der Waals surface area contributed by atoms with Crippen LogP contribution in [-0.2, 0) is 0 Å². The molecule has 0 saturated carbocycles. The molecular formula is C72H46N2O3. The summed E-state index contributed by atoms with van der Waals surface area (Å²) in [5, 5.41) is 6.01. The van der Waals surface area contributed by atoms with Crippen LogP contribution in [0.2, 0.25) is 0 Å². The van der Waals surface area contributed by atoms with Crippen molar-refractivity contribution >= 4 is 99.9 Å². The zero-order valence-electron chi connectivity index (χ0n) is 41.7. The minimum Gasteiger partial charge on any atom is -0.456 e. The highest BCUT2D eigenvalue weighted by Gasteiger charge is 2.22.